The van der Waals surface area contributed by atoms with Crippen molar-refractivity contribution in [3.63, 3.8) is 0 Å². The second-order valence-electron chi connectivity index (χ2n) is 13.8. The Morgan fingerprint density at radius 2 is 1.61 bits per heavy atom. The van der Waals surface area contributed by atoms with Gasteiger partial charge in [-0.25, -0.2) is 13.2 Å². The Balaban J connectivity index is 1.81. The number of esters is 1. The second kappa shape index (κ2) is 16.2. The molecule has 3 aromatic rings. The van der Waals surface area contributed by atoms with E-state index in [0.717, 1.165) is 16.7 Å². The summed E-state index contributed by atoms with van der Waals surface area (Å²) in [6.07, 6.45) is 2.02. The average Bonchev–Trinajstić information content (AvgIpc) is 2.99. The summed E-state index contributed by atoms with van der Waals surface area (Å²) in [5, 5.41) is 3.00. The molecule has 1 amide bonds. The molecule has 10 heteroatoms. The van der Waals surface area contributed by atoms with Gasteiger partial charge in [-0.1, -0.05) is 20.8 Å². The van der Waals surface area contributed by atoms with Gasteiger partial charge in [0.15, 0.2) is 0 Å². The monoisotopic (exact) mass is 681 g/mol. The van der Waals surface area contributed by atoms with Crippen molar-refractivity contribution in [3.8, 4) is 11.1 Å². The van der Waals surface area contributed by atoms with Crippen molar-refractivity contribution in [2.75, 3.05) is 26.2 Å². The fourth-order valence-corrected chi connectivity index (χ4v) is 6.92. The molecule has 2 heterocycles. The summed E-state index contributed by atoms with van der Waals surface area (Å²) in [4.78, 5) is 43.3. The van der Waals surface area contributed by atoms with Gasteiger partial charge in [-0.2, -0.15) is 0 Å². The Morgan fingerprint density at radius 3 is 2.18 bits per heavy atom. The molecule has 49 heavy (non-hydrogen) atoms. The van der Waals surface area contributed by atoms with Crippen LogP contribution in [0.4, 0.5) is 13.2 Å². The predicted octanol–water partition coefficient (Wildman–Crippen LogP) is 7.26. The number of carbonyl (C=O) groups excluding carboxylic acids is 2. The number of ether oxygens (including phenoxy) is 1. The summed E-state index contributed by atoms with van der Waals surface area (Å²) < 4.78 is 50.7. The lowest BCUT2D eigenvalue weighted by atomic mass is 9.85. The van der Waals surface area contributed by atoms with E-state index >= 15 is 4.39 Å². The van der Waals surface area contributed by atoms with Gasteiger partial charge in [0, 0.05) is 37.5 Å². The lowest BCUT2D eigenvalue weighted by molar-refractivity contribution is -0.149. The van der Waals surface area contributed by atoms with Gasteiger partial charge in [-0.15, -0.1) is 0 Å². The van der Waals surface area contributed by atoms with Crippen LogP contribution in [0, 0.1) is 51.2 Å². The Bertz CT molecular complexity index is 1710. The lowest BCUT2D eigenvalue weighted by Gasteiger charge is -2.34. The molecule has 0 spiro atoms. The molecule has 0 aliphatic carbocycles. The number of carbonyl (C=O) groups is 2. The molecule has 2 unspecified atom stereocenters. The molecule has 0 radical (unpaired) electrons. The smallest absolute Gasteiger partial charge is 0.311 e. The summed E-state index contributed by atoms with van der Waals surface area (Å²) in [6, 6.07) is 5.55. The number of halogens is 3. The zero-order valence-electron chi connectivity index (χ0n) is 30.0. The van der Waals surface area contributed by atoms with E-state index in [1.165, 1.54) is 22.8 Å². The molecule has 266 valence electrons. The topological polar surface area (TPSA) is 80.6 Å². The van der Waals surface area contributed by atoms with E-state index < -0.39 is 41.9 Å². The van der Waals surface area contributed by atoms with Gasteiger partial charge in [-0.05, 0) is 123 Å². The molecular formula is C39H50F3N3O4. The number of amides is 1. The predicted molar refractivity (Wildman–Crippen MR) is 186 cm³/mol. The zero-order valence-corrected chi connectivity index (χ0v) is 30.0. The Labute approximate surface area is 287 Å². The van der Waals surface area contributed by atoms with Crippen LogP contribution in [0.5, 0.6) is 0 Å². The van der Waals surface area contributed by atoms with E-state index in [1.807, 2.05) is 25.7 Å². The minimum absolute atomic E-state index is 0.00666. The molecular weight excluding hydrogens is 631 g/mol. The van der Waals surface area contributed by atoms with Crippen LogP contribution in [0.2, 0.25) is 0 Å². The van der Waals surface area contributed by atoms with Gasteiger partial charge >= 0.3 is 5.97 Å². The molecule has 1 aromatic heterocycles. The van der Waals surface area contributed by atoms with Gasteiger partial charge in [0.1, 0.15) is 23.8 Å². The summed E-state index contributed by atoms with van der Waals surface area (Å²) in [5.41, 5.74) is 4.40. The molecule has 1 aliphatic rings. The molecule has 0 bridgehead atoms. The van der Waals surface area contributed by atoms with Crippen LogP contribution in [0.25, 0.3) is 11.1 Å². The highest BCUT2D eigenvalue weighted by Crippen LogP contribution is 2.36. The van der Waals surface area contributed by atoms with Crippen molar-refractivity contribution in [1.29, 1.82) is 0 Å². The number of rotatable bonds is 14. The maximum atomic E-state index is 16.3. The summed E-state index contributed by atoms with van der Waals surface area (Å²) in [5.74, 6) is -3.00. The zero-order chi connectivity index (χ0) is 36.2. The number of pyridine rings is 1. The average molecular weight is 682 g/mol. The first-order valence-electron chi connectivity index (χ1n) is 17.3. The van der Waals surface area contributed by atoms with Gasteiger partial charge in [0.2, 0.25) is 5.91 Å². The molecule has 1 saturated heterocycles. The van der Waals surface area contributed by atoms with Crippen molar-refractivity contribution in [1.82, 2.24) is 14.8 Å². The molecule has 1 aliphatic heterocycles. The highest BCUT2D eigenvalue weighted by Gasteiger charge is 2.36. The first-order chi connectivity index (χ1) is 23.1. The number of nitrogens with one attached hydrogen (secondary N) is 1. The van der Waals surface area contributed by atoms with E-state index in [2.05, 4.69) is 5.32 Å². The first-order valence-corrected chi connectivity index (χ1v) is 17.3. The third kappa shape index (κ3) is 8.82. The van der Waals surface area contributed by atoms with Gasteiger partial charge in [0.05, 0.1) is 18.6 Å². The van der Waals surface area contributed by atoms with Gasteiger partial charge < -0.3 is 14.6 Å². The largest absolute Gasteiger partial charge is 0.466 e. The molecule has 7 nitrogen and oxygen atoms in total. The normalized spacial score (nSPS) is 15.5. The number of aryl methyl sites for hydroxylation is 4. The molecule has 1 fully saturated rings. The Kier molecular flexibility index (Phi) is 12.5. The maximum Gasteiger partial charge on any atom is 0.311 e. The van der Waals surface area contributed by atoms with Crippen LogP contribution in [0.1, 0.15) is 86.0 Å². The van der Waals surface area contributed by atoms with Crippen LogP contribution in [0.15, 0.2) is 41.3 Å². The summed E-state index contributed by atoms with van der Waals surface area (Å²) >= 11 is 0. The quantitative estimate of drug-likeness (QED) is 0.181. The number of likely N-dealkylation sites (tertiary alicyclic amines) is 1. The molecule has 0 saturated carbocycles. The van der Waals surface area contributed by atoms with E-state index in [4.69, 9.17) is 4.74 Å². The minimum Gasteiger partial charge on any atom is -0.466 e. The summed E-state index contributed by atoms with van der Waals surface area (Å²) in [7, 11) is 0. The van der Waals surface area contributed by atoms with Crippen molar-refractivity contribution < 1.29 is 27.5 Å². The van der Waals surface area contributed by atoms with E-state index in [0.29, 0.717) is 54.7 Å². The highest BCUT2D eigenvalue weighted by atomic mass is 19.1. The van der Waals surface area contributed by atoms with Crippen LogP contribution in [-0.4, -0.2) is 53.8 Å². The number of nitrogens with zero attached hydrogens (tertiary/aromatic N) is 2. The molecule has 1 N–H and O–H groups in total. The fraction of sp³-hybridized carbons (Fsp3) is 0.513. The molecule has 4 rings (SSSR count). The number of benzene rings is 2. The van der Waals surface area contributed by atoms with Gasteiger partial charge in [-0.3, -0.25) is 19.3 Å². The van der Waals surface area contributed by atoms with E-state index in [9.17, 15) is 23.2 Å². The van der Waals surface area contributed by atoms with Crippen LogP contribution >= 0.6 is 0 Å². The van der Waals surface area contributed by atoms with Crippen molar-refractivity contribution in [3.05, 3.63) is 91.9 Å². The van der Waals surface area contributed by atoms with Crippen LogP contribution < -0.4 is 10.9 Å². The van der Waals surface area contributed by atoms with Crippen molar-refractivity contribution in [2.24, 2.45) is 11.8 Å². The van der Waals surface area contributed by atoms with Crippen molar-refractivity contribution >= 4 is 11.9 Å². The van der Waals surface area contributed by atoms with Crippen LogP contribution in [0.3, 0.4) is 0 Å². The van der Waals surface area contributed by atoms with Crippen molar-refractivity contribution in [2.45, 2.75) is 92.9 Å². The third-order valence-electron chi connectivity index (χ3n) is 9.47. The maximum absolute atomic E-state index is 16.3. The number of alkyl halides is 1. The standard InChI is InChI=1S/C39H50F3N3O4/c1-9-31(39(48)49-10-2)37(32-18-28(14-26(8)36(32)42)35-24(6)15-29(40)16-25(35)7)43-38(47)33(13-22(3)4)45-19-27(23(5)17-34(45)46)11-12-44-20-30(41)21-44/h14-19,22,30-31,33,37H,9-13,20-21H2,1-8H3,(H,43,47)/t31?,33?,37-/m0/s1. The summed E-state index contributed by atoms with van der Waals surface area (Å²) in [6.45, 7) is 15.9. The molecule has 3 atom stereocenters. The highest BCUT2D eigenvalue weighted by molar-refractivity contribution is 5.83. The number of aromatic nitrogens is 1. The fourth-order valence-electron chi connectivity index (χ4n) is 6.92. The van der Waals surface area contributed by atoms with E-state index in [1.54, 1.807) is 52.9 Å². The molecule has 2 aromatic carbocycles. The Hall–Kier alpha value is -3.92. The Morgan fingerprint density at radius 1 is 0.959 bits per heavy atom. The number of hydrogen-bond acceptors (Lipinski definition) is 5. The lowest BCUT2D eigenvalue weighted by Crippen LogP contribution is -2.49. The third-order valence-corrected chi connectivity index (χ3v) is 9.47. The first kappa shape index (κ1) is 37.9. The second-order valence-corrected chi connectivity index (χ2v) is 13.8. The van der Waals surface area contributed by atoms with E-state index in [-0.39, 0.29) is 35.9 Å². The van der Waals surface area contributed by atoms with Crippen LogP contribution in [-0.2, 0) is 20.7 Å². The number of hydrogen-bond donors (Lipinski definition) is 1. The minimum atomic E-state index is -1.13. The van der Waals surface area contributed by atoms with Gasteiger partial charge in [0.25, 0.3) is 5.56 Å². The SMILES string of the molecule is CCOC(=O)C(CC)[C@H](NC(=O)C(CC(C)C)n1cc(CCN2CC(F)C2)c(C)cc1=O)c1cc(-c2c(C)cc(F)cc2C)cc(C)c1F.